The summed E-state index contributed by atoms with van der Waals surface area (Å²) in [5.74, 6) is 1.13. The largest absolute Gasteiger partial charge is 0.508 e. The second kappa shape index (κ2) is 7.87. The van der Waals surface area contributed by atoms with E-state index in [2.05, 4.69) is 24.4 Å². The van der Waals surface area contributed by atoms with Gasteiger partial charge >= 0.3 is 0 Å². The molecule has 0 aromatic heterocycles. The fourth-order valence-electron chi connectivity index (χ4n) is 3.70. The molecule has 1 heterocycles. The van der Waals surface area contributed by atoms with Crippen molar-refractivity contribution >= 4 is 5.71 Å². The Kier molecular flexibility index (Phi) is 5.13. The van der Waals surface area contributed by atoms with Gasteiger partial charge in [0.1, 0.15) is 17.7 Å². The molecule has 1 aliphatic heterocycles. The van der Waals surface area contributed by atoms with Crippen LogP contribution in [-0.4, -0.2) is 17.9 Å². The predicted molar refractivity (Wildman–Crippen MR) is 112 cm³/mol. The van der Waals surface area contributed by atoms with Gasteiger partial charge in [0, 0.05) is 23.7 Å². The predicted octanol–water partition coefficient (Wildman–Crippen LogP) is 4.93. The summed E-state index contributed by atoms with van der Waals surface area (Å²) in [4.78, 5) is 5.03. The van der Waals surface area contributed by atoms with Gasteiger partial charge in [-0.25, -0.2) is 0 Å². The molecule has 4 rings (SSSR count). The lowest BCUT2D eigenvalue weighted by molar-refractivity contribution is 0.411. The number of phenols is 1. The quantitative estimate of drug-likeness (QED) is 0.683. The van der Waals surface area contributed by atoms with Crippen molar-refractivity contribution in [3.05, 3.63) is 95.1 Å². The maximum absolute atomic E-state index is 10.4. The smallest absolute Gasteiger partial charge is 0.126 e. The first-order valence-corrected chi connectivity index (χ1v) is 9.46. The number of rotatable bonds is 4. The molecule has 0 spiro atoms. The fourth-order valence-corrected chi connectivity index (χ4v) is 3.70. The number of hydrogen-bond donors (Lipinski definition) is 2. The van der Waals surface area contributed by atoms with Gasteiger partial charge < -0.3 is 9.84 Å². The number of methoxy groups -OCH3 is 1. The monoisotopic (exact) mass is 372 g/mol. The summed E-state index contributed by atoms with van der Waals surface area (Å²) in [5.41, 5.74) is 5.32. The molecule has 2 atom stereocenters. The Labute approximate surface area is 165 Å². The molecule has 0 aliphatic carbocycles. The Morgan fingerprint density at radius 2 is 1.61 bits per heavy atom. The third-order valence-electron chi connectivity index (χ3n) is 5.26. The number of para-hydroxylation sites is 1. The highest BCUT2D eigenvalue weighted by atomic mass is 16.5. The van der Waals surface area contributed by atoms with Crippen LogP contribution in [0.25, 0.3) is 0 Å². The average molecular weight is 372 g/mol. The number of ether oxygens (including phenoxy) is 1. The number of nitrogens with zero attached hydrogens (tertiary/aromatic N) is 1. The van der Waals surface area contributed by atoms with Gasteiger partial charge in [-0.2, -0.15) is 0 Å². The first-order chi connectivity index (χ1) is 13.7. The summed E-state index contributed by atoms with van der Waals surface area (Å²) in [6.07, 6.45) is 0.531. The maximum Gasteiger partial charge on any atom is 0.126 e. The Hall–Kier alpha value is -3.11. The minimum absolute atomic E-state index is 0.0274. The fraction of sp³-hybridized carbons (Fsp3) is 0.208. The lowest BCUT2D eigenvalue weighted by Gasteiger charge is -2.31. The molecule has 0 saturated carbocycles. The van der Waals surface area contributed by atoms with E-state index in [4.69, 9.17) is 9.73 Å². The van der Waals surface area contributed by atoms with E-state index in [1.165, 1.54) is 5.56 Å². The van der Waals surface area contributed by atoms with Crippen molar-refractivity contribution in [3.63, 3.8) is 0 Å². The molecule has 0 saturated heterocycles. The standard InChI is InChI=1S/C24H24N2O2/c1-16-7-3-4-8-19(16)24-25-21(17-11-13-18(28-2)14-12-17)15-22(26-24)20-9-5-6-10-23(20)27/h3-14,22,24,26-27H,15H2,1-2H3/t22-,24-/m0/s1. The Morgan fingerprint density at radius 1 is 0.929 bits per heavy atom. The van der Waals surface area contributed by atoms with Crippen LogP contribution in [0.2, 0.25) is 0 Å². The van der Waals surface area contributed by atoms with Crippen molar-refractivity contribution < 1.29 is 9.84 Å². The zero-order valence-corrected chi connectivity index (χ0v) is 16.1. The molecule has 28 heavy (non-hydrogen) atoms. The molecule has 2 N–H and O–H groups in total. The van der Waals surface area contributed by atoms with Gasteiger partial charge in [0.25, 0.3) is 0 Å². The van der Waals surface area contributed by atoms with Crippen LogP contribution in [-0.2, 0) is 0 Å². The van der Waals surface area contributed by atoms with Crippen molar-refractivity contribution in [3.8, 4) is 11.5 Å². The van der Waals surface area contributed by atoms with Crippen molar-refractivity contribution in [1.82, 2.24) is 5.32 Å². The van der Waals surface area contributed by atoms with Crippen LogP contribution in [0.5, 0.6) is 11.5 Å². The Morgan fingerprint density at radius 3 is 2.29 bits per heavy atom. The number of benzene rings is 3. The topological polar surface area (TPSA) is 53.8 Å². The molecule has 142 valence electrons. The third kappa shape index (κ3) is 3.64. The first-order valence-electron chi connectivity index (χ1n) is 9.46. The van der Waals surface area contributed by atoms with Crippen LogP contribution in [0, 0.1) is 6.92 Å². The molecule has 3 aromatic rings. The van der Waals surface area contributed by atoms with E-state index in [1.54, 1.807) is 13.2 Å². The van der Waals surface area contributed by atoms with Gasteiger partial charge in [0.15, 0.2) is 0 Å². The molecule has 4 heteroatoms. The second-order valence-corrected chi connectivity index (χ2v) is 7.05. The van der Waals surface area contributed by atoms with Crippen molar-refractivity contribution in [2.24, 2.45) is 4.99 Å². The Bertz CT molecular complexity index is 995. The highest BCUT2D eigenvalue weighted by Crippen LogP contribution is 2.35. The van der Waals surface area contributed by atoms with Gasteiger partial charge in [-0.3, -0.25) is 10.3 Å². The van der Waals surface area contributed by atoms with E-state index in [0.717, 1.165) is 28.2 Å². The lowest BCUT2D eigenvalue weighted by atomic mass is 9.93. The SMILES string of the molecule is COc1ccc(C2=N[C@H](c3ccccc3C)N[C@H](c3ccccc3O)C2)cc1. The molecule has 0 fully saturated rings. The van der Waals surface area contributed by atoms with E-state index in [0.29, 0.717) is 12.2 Å². The Balaban J connectivity index is 1.76. The van der Waals surface area contributed by atoms with E-state index < -0.39 is 0 Å². The number of phenolic OH excluding ortho intramolecular Hbond substituents is 1. The van der Waals surface area contributed by atoms with Gasteiger partial charge in [-0.05, 0) is 53.9 Å². The summed E-state index contributed by atoms with van der Waals surface area (Å²) >= 11 is 0. The van der Waals surface area contributed by atoms with Crippen LogP contribution in [0.15, 0.2) is 77.8 Å². The van der Waals surface area contributed by atoms with E-state index in [1.807, 2.05) is 54.6 Å². The van der Waals surface area contributed by atoms with Gasteiger partial charge in [0.2, 0.25) is 0 Å². The van der Waals surface area contributed by atoms with Crippen molar-refractivity contribution in [2.45, 2.75) is 25.6 Å². The summed E-state index contributed by atoms with van der Waals surface area (Å²) in [5, 5.41) is 14.0. The normalized spacial score (nSPS) is 19.1. The summed E-state index contributed by atoms with van der Waals surface area (Å²) in [7, 11) is 1.67. The molecule has 1 aliphatic rings. The summed E-state index contributed by atoms with van der Waals surface area (Å²) in [6.45, 7) is 2.10. The molecular weight excluding hydrogens is 348 g/mol. The molecule has 0 radical (unpaired) electrons. The number of aliphatic imine (C=N–C) groups is 1. The number of aromatic hydroxyl groups is 1. The number of nitrogens with one attached hydrogen (secondary N) is 1. The average Bonchev–Trinajstić information content (AvgIpc) is 2.74. The molecular formula is C24H24N2O2. The second-order valence-electron chi connectivity index (χ2n) is 7.05. The van der Waals surface area contributed by atoms with E-state index in [-0.39, 0.29) is 12.2 Å². The maximum atomic E-state index is 10.4. The number of aryl methyl sites for hydroxylation is 1. The highest BCUT2D eigenvalue weighted by Gasteiger charge is 2.28. The van der Waals surface area contributed by atoms with Crippen LogP contribution < -0.4 is 10.1 Å². The van der Waals surface area contributed by atoms with Gasteiger partial charge in [-0.15, -0.1) is 0 Å². The van der Waals surface area contributed by atoms with E-state index in [9.17, 15) is 5.11 Å². The first kappa shape index (κ1) is 18.3. The molecule has 0 unspecified atom stereocenters. The van der Waals surface area contributed by atoms with Gasteiger partial charge in [0.05, 0.1) is 7.11 Å². The van der Waals surface area contributed by atoms with Crippen LogP contribution in [0.4, 0.5) is 0 Å². The molecule has 4 nitrogen and oxygen atoms in total. The van der Waals surface area contributed by atoms with Gasteiger partial charge in [-0.1, -0.05) is 42.5 Å². The molecule has 0 amide bonds. The summed E-state index contributed by atoms with van der Waals surface area (Å²) < 4.78 is 5.28. The number of hydrogen-bond acceptors (Lipinski definition) is 4. The van der Waals surface area contributed by atoms with Crippen molar-refractivity contribution in [1.29, 1.82) is 0 Å². The minimum atomic E-state index is -0.170. The minimum Gasteiger partial charge on any atom is -0.508 e. The van der Waals surface area contributed by atoms with Crippen LogP contribution in [0.3, 0.4) is 0 Å². The highest BCUT2D eigenvalue weighted by molar-refractivity contribution is 6.01. The van der Waals surface area contributed by atoms with Crippen molar-refractivity contribution in [2.75, 3.05) is 7.11 Å². The molecule has 3 aromatic carbocycles. The lowest BCUT2D eigenvalue weighted by Crippen LogP contribution is -2.33. The summed E-state index contributed by atoms with van der Waals surface area (Å²) in [6, 6.07) is 23.8. The van der Waals surface area contributed by atoms with E-state index >= 15 is 0 Å². The zero-order chi connectivity index (χ0) is 19.5. The third-order valence-corrected chi connectivity index (χ3v) is 5.26. The zero-order valence-electron chi connectivity index (χ0n) is 16.1. The van der Waals surface area contributed by atoms with Crippen LogP contribution in [0.1, 0.15) is 40.9 Å². The van der Waals surface area contributed by atoms with Crippen LogP contribution >= 0.6 is 0 Å². The molecule has 0 bridgehead atoms.